The molecule has 0 aromatic carbocycles. The summed E-state index contributed by atoms with van der Waals surface area (Å²) in [4.78, 5) is 0. The van der Waals surface area contributed by atoms with Crippen LogP contribution in [0.15, 0.2) is 0 Å². The molecule has 23 heavy (non-hydrogen) atoms. The second-order valence-corrected chi connectivity index (χ2v) is 3.37. The van der Waals surface area contributed by atoms with Gasteiger partial charge in [-0.1, -0.05) is 66.8 Å². The van der Waals surface area contributed by atoms with Crippen molar-refractivity contribution in [2.45, 2.75) is 92.9 Å². The predicted octanol–water partition coefficient (Wildman–Crippen LogP) is 6.57. The standard InChI is InChI=1S/C10H20O4.9CH4/c1-3-11-6-9(2)13-5-4-12-7-10-8-14-10;;;;;;;;;/h9-10H,3-8H2,1-2H3;9*1H4. The highest BCUT2D eigenvalue weighted by Crippen LogP contribution is 2.08. The van der Waals surface area contributed by atoms with E-state index in [4.69, 9.17) is 18.9 Å². The zero-order valence-electron chi connectivity index (χ0n) is 9.03. The van der Waals surface area contributed by atoms with Crippen LogP contribution in [-0.4, -0.2) is 51.8 Å². The Bertz CT molecular complexity index is 139. The summed E-state index contributed by atoms with van der Waals surface area (Å²) in [6, 6.07) is 0. The molecule has 4 heteroatoms. The van der Waals surface area contributed by atoms with Gasteiger partial charge in [-0.05, 0) is 13.8 Å². The molecule has 1 saturated heterocycles. The van der Waals surface area contributed by atoms with E-state index in [1.807, 2.05) is 13.8 Å². The lowest BCUT2D eigenvalue weighted by Gasteiger charge is -2.12. The SMILES string of the molecule is C.C.C.C.C.C.C.C.C.CCOCC(C)OCCOCC1CO1. The third kappa shape index (κ3) is 39.0. The van der Waals surface area contributed by atoms with Crippen molar-refractivity contribution >= 4 is 0 Å². The monoisotopic (exact) mass is 348 g/mol. The summed E-state index contributed by atoms with van der Waals surface area (Å²) in [6.07, 6.45) is 0.492. The van der Waals surface area contributed by atoms with Crippen LogP contribution < -0.4 is 0 Å². The van der Waals surface area contributed by atoms with Crippen molar-refractivity contribution in [1.29, 1.82) is 0 Å². The highest BCUT2D eigenvalue weighted by atomic mass is 16.6. The maximum atomic E-state index is 5.46. The maximum Gasteiger partial charge on any atom is 0.104 e. The van der Waals surface area contributed by atoms with Crippen LogP contribution in [0.25, 0.3) is 0 Å². The van der Waals surface area contributed by atoms with Gasteiger partial charge in [0.1, 0.15) is 6.10 Å². The fourth-order valence-electron chi connectivity index (χ4n) is 1.02. The van der Waals surface area contributed by atoms with Gasteiger partial charge < -0.3 is 18.9 Å². The zero-order chi connectivity index (χ0) is 10.2. The molecule has 1 aliphatic heterocycles. The van der Waals surface area contributed by atoms with Crippen molar-refractivity contribution in [3.05, 3.63) is 0 Å². The molecule has 156 valence electrons. The van der Waals surface area contributed by atoms with Crippen molar-refractivity contribution in [3.8, 4) is 0 Å². The normalized spacial score (nSPS) is 13.6. The molecule has 1 aliphatic rings. The van der Waals surface area contributed by atoms with E-state index in [-0.39, 0.29) is 72.9 Å². The molecule has 0 spiro atoms. The van der Waals surface area contributed by atoms with Crippen molar-refractivity contribution in [2.24, 2.45) is 0 Å². The van der Waals surface area contributed by atoms with E-state index in [1.165, 1.54) is 0 Å². The van der Waals surface area contributed by atoms with E-state index < -0.39 is 0 Å². The van der Waals surface area contributed by atoms with Crippen molar-refractivity contribution in [3.63, 3.8) is 0 Å². The average molecular weight is 349 g/mol. The molecular formula is C19H56O4. The van der Waals surface area contributed by atoms with Gasteiger partial charge in [0.2, 0.25) is 0 Å². The molecular weight excluding hydrogens is 292 g/mol. The van der Waals surface area contributed by atoms with Crippen LogP contribution >= 0.6 is 0 Å². The molecule has 4 nitrogen and oxygen atoms in total. The van der Waals surface area contributed by atoms with Crippen LogP contribution in [-0.2, 0) is 18.9 Å². The van der Waals surface area contributed by atoms with Crippen molar-refractivity contribution in [2.75, 3.05) is 39.6 Å². The zero-order valence-corrected chi connectivity index (χ0v) is 9.03. The highest BCUT2D eigenvalue weighted by Gasteiger charge is 2.21. The Morgan fingerprint density at radius 2 is 1.35 bits per heavy atom. The second kappa shape index (κ2) is 37.8. The van der Waals surface area contributed by atoms with Crippen LogP contribution in [0.3, 0.4) is 0 Å². The second-order valence-electron chi connectivity index (χ2n) is 3.37. The highest BCUT2D eigenvalue weighted by molar-refractivity contribution is 4.66. The Balaban J connectivity index is -0.0000000311. The van der Waals surface area contributed by atoms with Gasteiger partial charge in [-0.25, -0.2) is 0 Å². The summed E-state index contributed by atoms with van der Waals surface area (Å²) < 4.78 is 21.0. The van der Waals surface area contributed by atoms with Gasteiger partial charge in [0.25, 0.3) is 0 Å². The summed E-state index contributed by atoms with van der Waals surface area (Å²) in [5, 5.41) is 0. The molecule has 0 bridgehead atoms. The largest absolute Gasteiger partial charge is 0.379 e. The van der Waals surface area contributed by atoms with Crippen LogP contribution in [0.2, 0.25) is 0 Å². The van der Waals surface area contributed by atoms with Crippen LogP contribution in [0.4, 0.5) is 0 Å². The Labute approximate surface area is 152 Å². The number of hydrogen-bond donors (Lipinski definition) is 0. The fraction of sp³-hybridized carbons (Fsp3) is 1.00. The minimum absolute atomic E-state index is 0. The fourth-order valence-corrected chi connectivity index (χ4v) is 1.02. The lowest BCUT2D eigenvalue weighted by atomic mass is 10.4. The molecule has 0 aromatic heterocycles. The van der Waals surface area contributed by atoms with E-state index in [9.17, 15) is 0 Å². The van der Waals surface area contributed by atoms with E-state index in [2.05, 4.69) is 0 Å². The Morgan fingerprint density at radius 3 is 1.74 bits per heavy atom. The quantitative estimate of drug-likeness (QED) is 0.349. The summed E-state index contributed by atoms with van der Waals surface area (Å²) in [5.41, 5.74) is 0. The maximum absolute atomic E-state index is 5.46. The first-order valence-electron chi connectivity index (χ1n) is 5.21. The first-order chi connectivity index (χ1) is 6.83. The molecule has 0 radical (unpaired) electrons. The molecule has 0 saturated carbocycles. The Hall–Kier alpha value is -0.160. The Morgan fingerprint density at radius 1 is 0.870 bits per heavy atom. The molecule has 0 aromatic rings. The smallest absolute Gasteiger partial charge is 0.104 e. The number of epoxide rings is 1. The first-order valence-corrected chi connectivity index (χ1v) is 5.21. The predicted molar refractivity (Wildman–Crippen MR) is 113 cm³/mol. The van der Waals surface area contributed by atoms with Gasteiger partial charge in [0.15, 0.2) is 0 Å². The topological polar surface area (TPSA) is 40.2 Å². The van der Waals surface area contributed by atoms with Crippen LogP contribution in [0, 0.1) is 0 Å². The van der Waals surface area contributed by atoms with E-state index in [1.54, 1.807) is 0 Å². The number of hydrogen-bond acceptors (Lipinski definition) is 4. The van der Waals surface area contributed by atoms with Gasteiger partial charge in [0, 0.05) is 6.61 Å². The molecule has 1 heterocycles. The van der Waals surface area contributed by atoms with Gasteiger partial charge in [0.05, 0.1) is 39.1 Å². The minimum Gasteiger partial charge on any atom is -0.379 e. The molecule has 0 amide bonds. The summed E-state index contributed by atoms with van der Waals surface area (Å²) >= 11 is 0. The lowest BCUT2D eigenvalue weighted by molar-refractivity contribution is -0.0289. The molecule has 1 rings (SSSR count). The van der Waals surface area contributed by atoms with E-state index in [0.717, 1.165) is 13.2 Å². The third-order valence-corrected chi connectivity index (χ3v) is 1.89. The molecule has 0 aliphatic carbocycles. The molecule has 2 atom stereocenters. The Kier molecular flexibility index (Phi) is 93.5. The minimum atomic E-state index is 0. The van der Waals surface area contributed by atoms with Gasteiger partial charge in [-0.15, -0.1) is 0 Å². The average Bonchev–Trinajstić information content (AvgIpc) is 2.98. The number of rotatable bonds is 9. The first kappa shape index (κ1) is 56.9. The van der Waals surface area contributed by atoms with Crippen LogP contribution in [0.5, 0.6) is 0 Å². The number of ether oxygens (including phenoxy) is 4. The van der Waals surface area contributed by atoms with Crippen LogP contribution in [0.1, 0.15) is 80.7 Å². The lowest BCUT2D eigenvalue weighted by Crippen LogP contribution is -2.19. The molecule has 2 unspecified atom stereocenters. The summed E-state index contributed by atoms with van der Waals surface area (Å²) in [6.45, 7) is 8.18. The van der Waals surface area contributed by atoms with E-state index >= 15 is 0 Å². The van der Waals surface area contributed by atoms with E-state index in [0.29, 0.717) is 32.5 Å². The molecule has 0 N–H and O–H groups in total. The third-order valence-electron chi connectivity index (χ3n) is 1.89. The van der Waals surface area contributed by atoms with Gasteiger partial charge in [-0.2, -0.15) is 0 Å². The molecule has 1 fully saturated rings. The van der Waals surface area contributed by atoms with Gasteiger partial charge in [-0.3, -0.25) is 0 Å². The summed E-state index contributed by atoms with van der Waals surface area (Å²) in [5.74, 6) is 0. The van der Waals surface area contributed by atoms with Crippen molar-refractivity contribution in [1.82, 2.24) is 0 Å². The summed E-state index contributed by atoms with van der Waals surface area (Å²) in [7, 11) is 0. The van der Waals surface area contributed by atoms with Gasteiger partial charge >= 0.3 is 0 Å². The van der Waals surface area contributed by atoms with Crippen molar-refractivity contribution < 1.29 is 18.9 Å².